The summed E-state index contributed by atoms with van der Waals surface area (Å²) in [5, 5.41) is 0. The second-order valence-electron chi connectivity index (χ2n) is 12.9. The minimum atomic E-state index is -4.54. The fourth-order valence-corrected chi connectivity index (χ4v) is 11.4. The van der Waals surface area contributed by atoms with Gasteiger partial charge >= 0.3 is 11.9 Å². The van der Waals surface area contributed by atoms with Gasteiger partial charge in [-0.3, -0.25) is 4.79 Å². The van der Waals surface area contributed by atoms with Gasteiger partial charge in [0, 0.05) is 13.3 Å². The van der Waals surface area contributed by atoms with E-state index in [1.807, 2.05) is 0 Å². The molecule has 1 fully saturated rings. The molecular formula is C37H42O9S2. The molecule has 1 unspecified atom stereocenters. The molecule has 256 valence electrons. The van der Waals surface area contributed by atoms with Crippen LogP contribution in [0.1, 0.15) is 62.7 Å². The van der Waals surface area contributed by atoms with Gasteiger partial charge in [-0.25, -0.2) is 21.6 Å². The van der Waals surface area contributed by atoms with Crippen molar-refractivity contribution in [2.45, 2.75) is 86.2 Å². The van der Waals surface area contributed by atoms with Crippen LogP contribution in [-0.2, 0) is 49.9 Å². The maximum Gasteiger partial charge on any atom is 0.340 e. The summed E-state index contributed by atoms with van der Waals surface area (Å²) < 4.78 is 72.5. The Hall–Kier alpha value is -3.80. The van der Waals surface area contributed by atoms with Crippen LogP contribution in [0.25, 0.3) is 0 Å². The first-order valence-electron chi connectivity index (χ1n) is 16.2. The van der Waals surface area contributed by atoms with Gasteiger partial charge in [0.25, 0.3) is 0 Å². The maximum atomic E-state index is 14.2. The number of cyclic esters (lactones) is 1. The molecule has 1 aliphatic carbocycles. The molecule has 2 aliphatic rings. The first kappa shape index (κ1) is 35.5. The van der Waals surface area contributed by atoms with Crippen molar-refractivity contribution in [3.05, 3.63) is 108 Å². The third-order valence-corrected chi connectivity index (χ3v) is 14.1. The number of ether oxygens (including phenoxy) is 3. The van der Waals surface area contributed by atoms with E-state index in [1.54, 1.807) is 30.3 Å². The first-order valence-corrected chi connectivity index (χ1v) is 19.3. The van der Waals surface area contributed by atoms with Gasteiger partial charge in [-0.1, -0.05) is 87.9 Å². The summed E-state index contributed by atoms with van der Waals surface area (Å²) in [6.45, 7) is 7.67. The summed E-state index contributed by atoms with van der Waals surface area (Å²) in [7, 11) is -9.07. The van der Waals surface area contributed by atoms with Crippen LogP contribution in [0.15, 0.2) is 106 Å². The molecule has 0 bridgehead atoms. The summed E-state index contributed by atoms with van der Waals surface area (Å²) in [6, 6.07) is 21.0. The third-order valence-electron chi connectivity index (χ3n) is 9.12. The number of sulfone groups is 2. The van der Waals surface area contributed by atoms with E-state index in [4.69, 9.17) is 14.2 Å². The number of rotatable bonds is 12. The molecule has 9 nitrogen and oxygen atoms in total. The summed E-state index contributed by atoms with van der Waals surface area (Å²) in [5.74, 6) is -0.270. The van der Waals surface area contributed by atoms with Crippen LogP contribution in [0.4, 0.5) is 0 Å². The minimum absolute atomic E-state index is 0.0157. The van der Waals surface area contributed by atoms with Gasteiger partial charge in [0.2, 0.25) is 6.29 Å². The van der Waals surface area contributed by atoms with Crippen LogP contribution in [0.2, 0.25) is 0 Å². The highest BCUT2D eigenvalue weighted by Crippen LogP contribution is 2.41. The number of hydrogen-bond acceptors (Lipinski definition) is 9. The van der Waals surface area contributed by atoms with Crippen LogP contribution >= 0.6 is 0 Å². The lowest BCUT2D eigenvalue weighted by Crippen LogP contribution is -2.36. The number of carbonyl (C=O) groups excluding carboxylic acids is 2. The summed E-state index contributed by atoms with van der Waals surface area (Å²) >= 11 is 0. The molecule has 3 aromatic rings. The predicted octanol–water partition coefficient (Wildman–Crippen LogP) is 6.39. The molecule has 1 aliphatic heterocycles. The van der Waals surface area contributed by atoms with Crippen molar-refractivity contribution in [1.29, 1.82) is 0 Å². The van der Waals surface area contributed by atoms with Crippen molar-refractivity contribution in [2.24, 2.45) is 17.8 Å². The average molecular weight is 695 g/mol. The van der Waals surface area contributed by atoms with Crippen molar-refractivity contribution in [3.63, 3.8) is 0 Å². The smallest absolute Gasteiger partial charge is 0.340 e. The molecule has 1 saturated carbocycles. The SMILES string of the molecule is CC(=O)OC(Cc1ccccc1C(S(=O)(=O)c1ccccc1)S(=O)(=O)c1ccccc1)C1=C[C@H](O[C@@H]2C[C@H](C)CC[C@H]2C(C)C)OC1=O. The quantitative estimate of drug-likeness (QED) is 0.198. The Morgan fingerprint density at radius 1 is 0.854 bits per heavy atom. The zero-order valence-electron chi connectivity index (χ0n) is 27.5. The molecule has 0 saturated heterocycles. The number of benzene rings is 3. The van der Waals surface area contributed by atoms with E-state index in [1.165, 1.54) is 67.6 Å². The Morgan fingerprint density at radius 3 is 1.98 bits per heavy atom. The van der Waals surface area contributed by atoms with Gasteiger partial charge in [-0.2, -0.15) is 0 Å². The molecule has 3 aromatic carbocycles. The molecule has 1 heterocycles. The van der Waals surface area contributed by atoms with Gasteiger partial charge in [0.1, 0.15) is 6.10 Å². The van der Waals surface area contributed by atoms with E-state index in [9.17, 15) is 26.4 Å². The van der Waals surface area contributed by atoms with E-state index in [-0.39, 0.29) is 39.0 Å². The highest BCUT2D eigenvalue weighted by atomic mass is 32.3. The van der Waals surface area contributed by atoms with Crippen molar-refractivity contribution >= 4 is 31.6 Å². The van der Waals surface area contributed by atoms with Crippen molar-refractivity contribution in [2.75, 3.05) is 0 Å². The second kappa shape index (κ2) is 14.8. The van der Waals surface area contributed by atoms with Crippen molar-refractivity contribution in [1.82, 2.24) is 0 Å². The monoisotopic (exact) mass is 694 g/mol. The Kier molecular flexibility index (Phi) is 10.9. The topological polar surface area (TPSA) is 130 Å². The highest BCUT2D eigenvalue weighted by molar-refractivity contribution is 8.08. The Bertz CT molecular complexity index is 1780. The molecule has 5 rings (SSSR count). The van der Waals surface area contributed by atoms with E-state index < -0.39 is 48.6 Å². The standard InChI is InChI=1S/C37H42O9S2/c1-24(2)30-20-19-25(3)21-33(30)45-35-23-32(36(39)46-35)34(44-26(4)38)22-27-13-11-12-18-31(27)37(47(40,41)28-14-7-5-8-15-28)48(42,43)29-16-9-6-10-17-29/h5-18,23-25,30,33-35,37H,19-22H2,1-4H3/t25-,30+,33-,34?,35-/m1/s1. The molecule has 0 N–H and O–H groups in total. The number of esters is 2. The van der Waals surface area contributed by atoms with Crippen LogP contribution < -0.4 is 0 Å². The number of hydrogen-bond donors (Lipinski definition) is 0. The summed E-state index contributed by atoms with van der Waals surface area (Å²) in [6.07, 6.45) is 1.95. The molecule has 5 atom stereocenters. The second-order valence-corrected chi connectivity index (χ2v) is 17.3. The van der Waals surface area contributed by atoms with E-state index >= 15 is 0 Å². The van der Waals surface area contributed by atoms with Gasteiger partial charge in [-0.05, 0) is 72.1 Å². The van der Waals surface area contributed by atoms with Crippen LogP contribution in [-0.4, -0.2) is 47.3 Å². The van der Waals surface area contributed by atoms with Gasteiger partial charge in [0.15, 0.2) is 24.3 Å². The molecule has 0 radical (unpaired) electrons. The molecule has 11 heteroatoms. The van der Waals surface area contributed by atoms with Crippen molar-refractivity contribution in [3.8, 4) is 0 Å². The predicted molar refractivity (Wildman–Crippen MR) is 180 cm³/mol. The fraction of sp³-hybridized carbons (Fsp3) is 0.405. The lowest BCUT2D eigenvalue weighted by molar-refractivity contribution is -0.179. The minimum Gasteiger partial charge on any atom is -0.457 e. The Balaban J connectivity index is 1.54. The van der Waals surface area contributed by atoms with Crippen LogP contribution in [0.3, 0.4) is 0 Å². The van der Waals surface area contributed by atoms with E-state index in [2.05, 4.69) is 20.8 Å². The maximum absolute atomic E-state index is 14.2. The number of carbonyl (C=O) groups is 2. The third kappa shape index (κ3) is 7.74. The lowest BCUT2D eigenvalue weighted by Gasteiger charge is -2.37. The van der Waals surface area contributed by atoms with Gasteiger partial charge < -0.3 is 14.2 Å². The van der Waals surface area contributed by atoms with Crippen molar-refractivity contribution < 1.29 is 40.6 Å². The molecule has 0 amide bonds. The summed E-state index contributed by atoms with van der Waals surface area (Å²) in [5.41, 5.74) is 0.299. The summed E-state index contributed by atoms with van der Waals surface area (Å²) in [4.78, 5) is 25.3. The van der Waals surface area contributed by atoms with Crippen LogP contribution in [0.5, 0.6) is 0 Å². The van der Waals surface area contributed by atoms with Gasteiger partial charge in [0.05, 0.1) is 21.5 Å². The zero-order chi connectivity index (χ0) is 34.6. The first-order chi connectivity index (χ1) is 22.8. The lowest BCUT2D eigenvalue weighted by atomic mass is 9.75. The Morgan fingerprint density at radius 2 is 1.42 bits per heavy atom. The molecular weight excluding hydrogens is 653 g/mol. The van der Waals surface area contributed by atoms with Crippen LogP contribution in [0, 0.1) is 17.8 Å². The molecule has 48 heavy (non-hydrogen) atoms. The average Bonchev–Trinajstić information content (AvgIpc) is 3.41. The largest absolute Gasteiger partial charge is 0.457 e. The normalized spacial score (nSPS) is 22.3. The Labute approximate surface area is 283 Å². The van der Waals surface area contributed by atoms with Gasteiger partial charge in [-0.15, -0.1) is 0 Å². The molecule has 0 aromatic heterocycles. The molecule has 0 spiro atoms. The highest BCUT2D eigenvalue weighted by Gasteiger charge is 2.44. The fourth-order valence-electron chi connectivity index (χ4n) is 6.71. The van der Waals surface area contributed by atoms with E-state index in [0.717, 1.165) is 19.3 Å². The zero-order valence-corrected chi connectivity index (χ0v) is 29.2. The van der Waals surface area contributed by atoms with E-state index in [0.29, 0.717) is 17.8 Å².